The molecule has 1 aliphatic heterocycles. The Hall–Kier alpha value is -3.11. The lowest BCUT2D eigenvalue weighted by atomic mass is 10.00. The molecule has 3 aliphatic rings. The molecule has 39 heavy (non-hydrogen) atoms. The van der Waals surface area contributed by atoms with Crippen LogP contribution in [0.15, 0.2) is 71.6 Å². The number of hydrogen-bond donors (Lipinski definition) is 0. The highest BCUT2D eigenvalue weighted by Gasteiger charge is 2.27. The van der Waals surface area contributed by atoms with Crippen molar-refractivity contribution in [3.8, 4) is 22.3 Å². The smallest absolute Gasteiger partial charge is 0.0361 e. The largest absolute Gasteiger partial charge is 0.135 e. The van der Waals surface area contributed by atoms with E-state index in [0.717, 1.165) is 12.8 Å². The van der Waals surface area contributed by atoms with Crippen molar-refractivity contribution in [2.45, 2.75) is 43.3 Å². The summed E-state index contributed by atoms with van der Waals surface area (Å²) in [6, 6.07) is 26.9. The van der Waals surface area contributed by atoms with Crippen molar-refractivity contribution in [3.63, 3.8) is 0 Å². The molecule has 0 N–H and O–H groups in total. The second kappa shape index (κ2) is 7.34. The number of rotatable bonds is 0. The molecule has 0 spiro atoms. The standard InChI is InChI=1S/C36H24S3/c1-17-3-4-24-29-10-21-8-22-12-31-30-11-20-7-19-9-23-6-18(2)37-32(23)13-25(19)26(20)15-35(30)39-36(31)16-28(22)27(21)14-34(29)38-33(24)5-17/h3-5,9-16,18H,6-8H2,1-2H3. The van der Waals surface area contributed by atoms with Crippen molar-refractivity contribution in [2.75, 3.05) is 0 Å². The molecule has 0 radical (unpaired) electrons. The van der Waals surface area contributed by atoms with Gasteiger partial charge in [-0.3, -0.25) is 0 Å². The summed E-state index contributed by atoms with van der Waals surface area (Å²) in [6.07, 6.45) is 3.32. The summed E-state index contributed by atoms with van der Waals surface area (Å²) < 4.78 is 5.66. The van der Waals surface area contributed by atoms with Gasteiger partial charge in [0, 0.05) is 50.5 Å². The van der Waals surface area contributed by atoms with Crippen LogP contribution in [0, 0.1) is 6.92 Å². The van der Waals surface area contributed by atoms with E-state index in [9.17, 15) is 0 Å². The predicted molar refractivity (Wildman–Crippen MR) is 172 cm³/mol. The molecule has 1 atom stereocenters. The summed E-state index contributed by atoms with van der Waals surface area (Å²) in [4.78, 5) is 1.50. The van der Waals surface area contributed by atoms with E-state index in [1.807, 2.05) is 22.7 Å². The van der Waals surface area contributed by atoms with Crippen molar-refractivity contribution in [1.82, 2.24) is 0 Å². The van der Waals surface area contributed by atoms with Crippen LogP contribution in [0.3, 0.4) is 0 Å². The summed E-state index contributed by atoms with van der Waals surface area (Å²) in [5, 5.41) is 6.41. The summed E-state index contributed by atoms with van der Waals surface area (Å²) >= 11 is 5.97. The molecule has 186 valence electrons. The average Bonchev–Trinajstić information content (AvgIpc) is 3.70. The van der Waals surface area contributed by atoms with Crippen LogP contribution in [0.5, 0.6) is 0 Å². The number of benzene rings is 5. The first kappa shape index (κ1) is 21.7. The maximum Gasteiger partial charge on any atom is 0.0361 e. The maximum atomic E-state index is 2.52. The van der Waals surface area contributed by atoms with Gasteiger partial charge in [0.2, 0.25) is 0 Å². The van der Waals surface area contributed by atoms with E-state index in [1.54, 1.807) is 5.56 Å². The van der Waals surface area contributed by atoms with E-state index in [4.69, 9.17) is 0 Å². The van der Waals surface area contributed by atoms with Gasteiger partial charge in [0.15, 0.2) is 0 Å². The van der Waals surface area contributed by atoms with E-state index in [-0.39, 0.29) is 0 Å². The van der Waals surface area contributed by atoms with E-state index < -0.39 is 0 Å². The molecule has 0 bridgehead atoms. The number of thiophene rings is 2. The Labute approximate surface area is 239 Å². The third kappa shape index (κ3) is 2.91. The monoisotopic (exact) mass is 552 g/mol. The molecule has 2 aromatic heterocycles. The minimum absolute atomic E-state index is 0.707. The minimum Gasteiger partial charge on any atom is -0.135 e. The molecule has 0 fully saturated rings. The quantitative estimate of drug-likeness (QED) is 0.180. The molecular formula is C36H24S3. The fraction of sp³-hybridized carbons (Fsp3) is 0.167. The Morgan fingerprint density at radius 3 is 1.67 bits per heavy atom. The number of thioether (sulfide) groups is 1. The van der Waals surface area contributed by atoms with Gasteiger partial charge >= 0.3 is 0 Å². The highest BCUT2D eigenvalue weighted by molar-refractivity contribution is 8.00. The summed E-state index contributed by atoms with van der Waals surface area (Å²) in [7, 11) is 0. The van der Waals surface area contributed by atoms with E-state index in [2.05, 4.69) is 92.3 Å². The van der Waals surface area contributed by atoms with Crippen LogP contribution in [0.1, 0.15) is 40.3 Å². The lowest BCUT2D eigenvalue weighted by molar-refractivity contribution is 0.957. The van der Waals surface area contributed by atoms with Crippen LogP contribution in [0.2, 0.25) is 0 Å². The van der Waals surface area contributed by atoms with Gasteiger partial charge < -0.3 is 0 Å². The Kier molecular flexibility index (Phi) is 4.08. The van der Waals surface area contributed by atoms with Crippen LogP contribution in [0.25, 0.3) is 62.6 Å². The topological polar surface area (TPSA) is 0 Å². The molecule has 3 heteroatoms. The van der Waals surface area contributed by atoms with Gasteiger partial charge in [-0.1, -0.05) is 25.1 Å². The van der Waals surface area contributed by atoms with Gasteiger partial charge in [0.05, 0.1) is 0 Å². The Balaban J connectivity index is 1.13. The Morgan fingerprint density at radius 1 is 0.538 bits per heavy atom. The summed E-state index contributed by atoms with van der Waals surface area (Å²) in [5.41, 5.74) is 14.7. The zero-order valence-electron chi connectivity index (χ0n) is 21.8. The lowest BCUT2D eigenvalue weighted by Gasteiger charge is -2.05. The van der Waals surface area contributed by atoms with Crippen molar-refractivity contribution in [2.24, 2.45) is 0 Å². The van der Waals surface area contributed by atoms with Crippen molar-refractivity contribution in [1.29, 1.82) is 0 Å². The first-order valence-corrected chi connectivity index (χ1v) is 16.4. The lowest BCUT2D eigenvalue weighted by Crippen LogP contribution is -1.92. The maximum absolute atomic E-state index is 2.52. The van der Waals surface area contributed by atoms with E-state index in [1.165, 1.54) is 102 Å². The van der Waals surface area contributed by atoms with Crippen molar-refractivity contribution < 1.29 is 0 Å². The zero-order chi connectivity index (χ0) is 25.6. The van der Waals surface area contributed by atoms with E-state index >= 15 is 0 Å². The highest BCUT2D eigenvalue weighted by atomic mass is 32.2. The summed E-state index contributed by atoms with van der Waals surface area (Å²) in [6.45, 7) is 4.54. The molecule has 1 unspecified atom stereocenters. The van der Waals surface area contributed by atoms with Gasteiger partial charge in [0.1, 0.15) is 0 Å². The average molecular weight is 553 g/mol. The van der Waals surface area contributed by atoms with Crippen LogP contribution in [-0.4, -0.2) is 5.25 Å². The van der Waals surface area contributed by atoms with Gasteiger partial charge in [-0.15, -0.1) is 34.4 Å². The first-order valence-electron chi connectivity index (χ1n) is 13.9. The fourth-order valence-corrected chi connectivity index (χ4v) is 11.0. The molecule has 0 saturated heterocycles. The normalized spacial score (nSPS) is 16.8. The number of aryl methyl sites for hydroxylation is 1. The van der Waals surface area contributed by atoms with Gasteiger partial charge in [-0.05, 0) is 130 Å². The highest BCUT2D eigenvalue weighted by Crippen LogP contribution is 2.50. The van der Waals surface area contributed by atoms with Gasteiger partial charge in [-0.25, -0.2) is 0 Å². The second-order valence-electron chi connectivity index (χ2n) is 11.8. The molecule has 0 saturated carbocycles. The molecule has 0 amide bonds. The molecule has 5 aromatic carbocycles. The predicted octanol–water partition coefficient (Wildman–Crippen LogP) is 10.9. The molecule has 10 rings (SSSR count). The number of hydrogen-bond acceptors (Lipinski definition) is 3. The first-order chi connectivity index (χ1) is 19.1. The molecule has 2 aliphatic carbocycles. The molecular weight excluding hydrogens is 529 g/mol. The summed E-state index contributed by atoms with van der Waals surface area (Å²) in [5.74, 6) is 0. The molecule has 7 aromatic rings. The van der Waals surface area contributed by atoms with Gasteiger partial charge in [0.25, 0.3) is 0 Å². The SMILES string of the molecule is Cc1ccc2c(c1)sc1cc3c(cc12)Cc1cc2c(cc1-3)sc1cc3c(cc12)Cc1cc2c(cc1-3)SC(C)C2. The van der Waals surface area contributed by atoms with Crippen molar-refractivity contribution >= 4 is 74.8 Å². The van der Waals surface area contributed by atoms with Crippen LogP contribution in [0.4, 0.5) is 0 Å². The third-order valence-electron chi connectivity index (χ3n) is 9.24. The minimum atomic E-state index is 0.707. The second-order valence-corrected chi connectivity index (χ2v) is 15.5. The molecule has 3 heterocycles. The Bertz CT molecular complexity index is 2260. The third-order valence-corrected chi connectivity index (χ3v) is 12.7. The number of fused-ring (bicyclic) bond motifs is 13. The van der Waals surface area contributed by atoms with Crippen LogP contribution < -0.4 is 0 Å². The zero-order valence-corrected chi connectivity index (χ0v) is 24.2. The van der Waals surface area contributed by atoms with Crippen LogP contribution in [-0.2, 0) is 19.3 Å². The van der Waals surface area contributed by atoms with Gasteiger partial charge in [-0.2, -0.15) is 0 Å². The van der Waals surface area contributed by atoms with Crippen molar-refractivity contribution in [3.05, 3.63) is 100 Å². The van der Waals surface area contributed by atoms with E-state index in [0.29, 0.717) is 5.25 Å². The fourth-order valence-electron chi connectivity index (χ4n) is 7.44. The molecule has 0 nitrogen and oxygen atoms in total. The van der Waals surface area contributed by atoms with Crippen LogP contribution >= 0.6 is 34.4 Å². The Morgan fingerprint density at radius 2 is 1.05 bits per heavy atom.